The number of thioether (sulfide) groups is 1. The lowest BCUT2D eigenvalue weighted by molar-refractivity contribution is -0.118. The molecule has 0 radical (unpaired) electrons. The van der Waals surface area contributed by atoms with Crippen LogP contribution in [-0.4, -0.2) is 32.5 Å². The van der Waals surface area contributed by atoms with Crippen LogP contribution in [0.3, 0.4) is 0 Å². The second-order valence-electron chi connectivity index (χ2n) is 4.61. The van der Waals surface area contributed by atoms with Gasteiger partial charge < -0.3 is 5.32 Å². The lowest BCUT2D eigenvalue weighted by Crippen LogP contribution is -2.27. The Bertz CT molecular complexity index is 661. The van der Waals surface area contributed by atoms with E-state index in [2.05, 4.69) is 15.4 Å². The Labute approximate surface area is 119 Å². The molecule has 0 saturated heterocycles. The summed E-state index contributed by atoms with van der Waals surface area (Å²) < 4.78 is 1.29. The fourth-order valence-corrected chi connectivity index (χ4v) is 2.40. The van der Waals surface area contributed by atoms with Crippen LogP contribution in [0.5, 0.6) is 0 Å². The van der Waals surface area contributed by atoms with Crippen LogP contribution in [0.2, 0.25) is 0 Å². The fourth-order valence-electron chi connectivity index (χ4n) is 1.75. The number of carbonyl (C=O) groups is 1. The zero-order valence-electron chi connectivity index (χ0n) is 10.7. The van der Waals surface area contributed by atoms with Gasteiger partial charge in [-0.2, -0.15) is 4.68 Å². The van der Waals surface area contributed by atoms with Crippen molar-refractivity contribution in [2.75, 3.05) is 5.75 Å². The quantitative estimate of drug-likeness (QED) is 0.803. The van der Waals surface area contributed by atoms with Gasteiger partial charge in [0, 0.05) is 6.04 Å². The molecule has 0 atom stereocenters. The highest BCUT2D eigenvalue weighted by molar-refractivity contribution is 7.99. The van der Waals surface area contributed by atoms with Gasteiger partial charge in [-0.15, -0.1) is 5.10 Å². The first-order valence-corrected chi connectivity index (χ1v) is 7.38. The summed E-state index contributed by atoms with van der Waals surface area (Å²) >= 11 is 1.23. The molecular formula is C13H14N4O2S. The monoisotopic (exact) mass is 290 g/mol. The van der Waals surface area contributed by atoms with Crippen molar-refractivity contribution in [1.82, 2.24) is 20.1 Å². The molecule has 0 aliphatic heterocycles. The molecule has 0 spiro atoms. The summed E-state index contributed by atoms with van der Waals surface area (Å²) in [6.45, 7) is 0. The molecule has 3 rings (SSSR count). The van der Waals surface area contributed by atoms with Crippen LogP contribution in [-0.2, 0) is 4.79 Å². The molecule has 1 aromatic heterocycles. The van der Waals surface area contributed by atoms with Crippen LogP contribution in [0, 0.1) is 0 Å². The summed E-state index contributed by atoms with van der Waals surface area (Å²) in [4.78, 5) is 26.0. The third-order valence-electron chi connectivity index (χ3n) is 2.88. The van der Waals surface area contributed by atoms with Crippen LogP contribution in [0.25, 0.3) is 5.69 Å². The van der Waals surface area contributed by atoms with Crippen molar-refractivity contribution in [2.45, 2.75) is 24.0 Å². The van der Waals surface area contributed by atoms with Crippen LogP contribution >= 0.6 is 11.8 Å². The van der Waals surface area contributed by atoms with Crippen LogP contribution in [0.4, 0.5) is 0 Å². The van der Waals surface area contributed by atoms with E-state index in [1.165, 1.54) is 16.4 Å². The Hall–Kier alpha value is -2.02. The van der Waals surface area contributed by atoms with Gasteiger partial charge >= 0.3 is 5.69 Å². The Kier molecular flexibility index (Phi) is 3.60. The van der Waals surface area contributed by atoms with E-state index in [9.17, 15) is 9.59 Å². The zero-order valence-corrected chi connectivity index (χ0v) is 11.5. The third-order valence-corrected chi connectivity index (χ3v) is 3.74. The van der Waals surface area contributed by atoms with Crippen LogP contribution < -0.4 is 11.0 Å². The third kappa shape index (κ3) is 3.11. The number of nitrogens with one attached hydrogen (secondary N) is 2. The van der Waals surface area contributed by atoms with Gasteiger partial charge in [-0.05, 0) is 25.0 Å². The lowest BCUT2D eigenvalue weighted by atomic mass is 10.3. The smallest absolute Gasteiger partial charge is 0.348 e. The molecule has 1 aromatic carbocycles. The summed E-state index contributed by atoms with van der Waals surface area (Å²) in [5.74, 6) is 0.241. The van der Waals surface area contributed by atoms with Crippen molar-refractivity contribution in [3.05, 3.63) is 40.8 Å². The van der Waals surface area contributed by atoms with Crippen molar-refractivity contribution in [1.29, 1.82) is 0 Å². The normalized spacial score (nSPS) is 14.2. The molecule has 1 saturated carbocycles. The highest BCUT2D eigenvalue weighted by Crippen LogP contribution is 2.19. The van der Waals surface area contributed by atoms with Crippen molar-refractivity contribution < 1.29 is 4.79 Å². The molecule has 1 aliphatic carbocycles. The first-order chi connectivity index (χ1) is 9.72. The van der Waals surface area contributed by atoms with Crippen molar-refractivity contribution in [3.63, 3.8) is 0 Å². The molecule has 1 amide bonds. The molecule has 104 valence electrons. The average Bonchev–Trinajstić information content (AvgIpc) is 3.18. The minimum Gasteiger partial charge on any atom is -0.353 e. The molecule has 1 heterocycles. The molecule has 20 heavy (non-hydrogen) atoms. The van der Waals surface area contributed by atoms with E-state index in [0.717, 1.165) is 12.8 Å². The number of benzene rings is 1. The molecule has 0 unspecified atom stereocenters. The maximum atomic E-state index is 11.8. The van der Waals surface area contributed by atoms with Crippen molar-refractivity contribution >= 4 is 17.7 Å². The molecule has 2 aromatic rings. The molecule has 0 bridgehead atoms. The first kappa shape index (κ1) is 13.0. The van der Waals surface area contributed by atoms with Crippen LogP contribution in [0.1, 0.15) is 12.8 Å². The van der Waals surface area contributed by atoms with E-state index in [4.69, 9.17) is 0 Å². The SMILES string of the molecule is O=C(CSc1nn(-c2ccccc2)c(=O)[nH]1)NC1CC1. The second-order valence-corrected chi connectivity index (χ2v) is 5.58. The Balaban J connectivity index is 1.66. The van der Waals surface area contributed by atoms with Gasteiger partial charge in [0.2, 0.25) is 5.91 Å². The number of aromatic amines is 1. The predicted octanol–water partition coefficient (Wildman–Crippen LogP) is 0.931. The number of H-pyrrole nitrogens is 1. The molecule has 7 heteroatoms. The van der Waals surface area contributed by atoms with Gasteiger partial charge in [0.15, 0.2) is 5.16 Å². The zero-order chi connectivity index (χ0) is 13.9. The van der Waals surface area contributed by atoms with Crippen LogP contribution in [0.15, 0.2) is 40.3 Å². The van der Waals surface area contributed by atoms with E-state index in [0.29, 0.717) is 16.9 Å². The number of nitrogens with zero attached hydrogens (tertiary/aromatic N) is 2. The van der Waals surface area contributed by atoms with Gasteiger partial charge in [-0.1, -0.05) is 30.0 Å². The minimum atomic E-state index is -0.304. The van der Waals surface area contributed by atoms with Gasteiger partial charge in [0.25, 0.3) is 0 Å². The van der Waals surface area contributed by atoms with E-state index in [-0.39, 0.29) is 17.3 Å². The molecule has 1 aliphatic rings. The first-order valence-electron chi connectivity index (χ1n) is 6.39. The highest BCUT2D eigenvalue weighted by atomic mass is 32.2. The second kappa shape index (κ2) is 5.54. The Morgan fingerprint density at radius 2 is 2.15 bits per heavy atom. The van der Waals surface area contributed by atoms with Gasteiger partial charge in [-0.25, -0.2) is 4.79 Å². The summed E-state index contributed by atoms with van der Waals surface area (Å²) in [7, 11) is 0. The number of hydrogen-bond acceptors (Lipinski definition) is 4. The summed E-state index contributed by atoms with van der Waals surface area (Å²) in [6.07, 6.45) is 2.13. The number of aromatic nitrogens is 3. The summed E-state index contributed by atoms with van der Waals surface area (Å²) in [6, 6.07) is 9.51. The standard InChI is InChI=1S/C13H14N4O2S/c18-11(14-9-6-7-9)8-20-12-15-13(19)17(16-12)10-4-2-1-3-5-10/h1-5,9H,6-8H2,(H,14,18)(H,15,16,19). The maximum absolute atomic E-state index is 11.8. The summed E-state index contributed by atoms with van der Waals surface area (Å²) in [5.41, 5.74) is 0.393. The fraction of sp³-hybridized carbons (Fsp3) is 0.308. The predicted molar refractivity (Wildman–Crippen MR) is 76.1 cm³/mol. The maximum Gasteiger partial charge on any atom is 0.348 e. The number of amides is 1. The topological polar surface area (TPSA) is 79.8 Å². The van der Waals surface area contributed by atoms with E-state index in [1.807, 2.05) is 18.2 Å². The van der Waals surface area contributed by atoms with Gasteiger partial charge in [-0.3, -0.25) is 9.78 Å². The van der Waals surface area contributed by atoms with Gasteiger partial charge in [0.05, 0.1) is 11.4 Å². The molecule has 1 fully saturated rings. The molecule has 6 nitrogen and oxygen atoms in total. The minimum absolute atomic E-state index is 0.0207. The van der Waals surface area contributed by atoms with Gasteiger partial charge in [0.1, 0.15) is 0 Å². The molecule has 2 N–H and O–H groups in total. The van der Waals surface area contributed by atoms with E-state index < -0.39 is 0 Å². The number of rotatable bonds is 5. The lowest BCUT2D eigenvalue weighted by Gasteiger charge is -2.00. The number of para-hydroxylation sites is 1. The van der Waals surface area contributed by atoms with E-state index in [1.54, 1.807) is 12.1 Å². The molecular weight excluding hydrogens is 276 g/mol. The average molecular weight is 290 g/mol. The van der Waals surface area contributed by atoms with Crippen molar-refractivity contribution in [2.24, 2.45) is 0 Å². The highest BCUT2D eigenvalue weighted by Gasteiger charge is 2.23. The largest absolute Gasteiger partial charge is 0.353 e. The Morgan fingerprint density at radius 1 is 1.40 bits per heavy atom. The Morgan fingerprint density at radius 3 is 2.85 bits per heavy atom. The number of hydrogen-bond donors (Lipinski definition) is 2. The van der Waals surface area contributed by atoms with E-state index >= 15 is 0 Å². The summed E-state index contributed by atoms with van der Waals surface area (Å²) in [5, 5.41) is 7.52. The number of carbonyl (C=O) groups excluding carboxylic acids is 1. The van der Waals surface area contributed by atoms with Crippen molar-refractivity contribution in [3.8, 4) is 5.69 Å².